The number of nitrogens with zero attached hydrogens (tertiary/aromatic N) is 2. The van der Waals surface area contributed by atoms with E-state index in [0.717, 1.165) is 12.1 Å². The highest BCUT2D eigenvalue weighted by molar-refractivity contribution is 5.95. The number of carbonyl (C=O) groups is 2. The maximum Gasteiger partial charge on any atom is 0.416 e. The maximum absolute atomic E-state index is 13.1. The first-order valence-electron chi connectivity index (χ1n) is 9.43. The number of hydrogen-bond donors (Lipinski definition) is 2. The molecule has 9 heteroatoms. The zero-order valence-corrected chi connectivity index (χ0v) is 16.2. The molecule has 0 aliphatic carbocycles. The summed E-state index contributed by atoms with van der Waals surface area (Å²) in [6, 6.07) is 3.40. The smallest absolute Gasteiger partial charge is 0.370 e. The zero-order valence-electron chi connectivity index (χ0n) is 16.2. The van der Waals surface area contributed by atoms with Crippen LogP contribution in [0.1, 0.15) is 32.3 Å². The first kappa shape index (κ1) is 22.0. The fourth-order valence-corrected chi connectivity index (χ4v) is 3.42. The average Bonchev–Trinajstić information content (AvgIpc) is 2.63. The number of nitrogens with two attached hydrogens (primary N) is 1. The van der Waals surface area contributed by atoms with E-state index in [2.05, 4.69) is 5.32 Å². The van der Waals surface area contributed by atoms with Crippen LogP contribution in [0.25, 0.3) is 0 Å². The van der Waals surface area contributed by atoms with Gasteiger partial charge in [0.15, 0.2) is 0 Å². The van der Waals surface area contributed by atoms with Crippen molar-refractivity contribution in [1.29, 1.82) is 0 Å². The molecular formula is C19H27F3N4O2. The quantitative estimate of drug-likeness (QED) is 0.738. The van der Waals surface area contributed by atoms with Crippen molar-refractivity contribution in [3.8, 4) is 0 Å². The molecule has 1 saturated heterocycles. The zero-order chi connectivity index (χ0) is 20.9. The molecule has 2 rings (SSSR count). The molecule has 1 heterocycles. The van der Waals surface area contributed by atoms with E-state index in [0.29, 0.717) is 44.7 Å². The van der Waals surface area contributed by atoms with E-state index in [1.165, 1.54) is 6.07 Å². The lowest BCUT2D eigenvalue weighted by molar-refractivity contribution is -0.137. The Morgan fingerprint density at radius 2 is 1.82 bits per heavy atom. The molecule has 1 aliphatic rings. The SMILES string of the molecule is CCN(CC)c1ccc(C(F)(F)F)cc1NC(=O)CN1CCC(C(N)=O)CC1. The second kappa shape index (κ2) is 9.27. The summed E-state index contributed by atoms with van der Waals surface area (Å²) in [4.78, 5) is 27.4. The molecule has 1 aromatic rings. The average molecular weight is 400 g/mol. The van der Waals surface area contributed by atoms with Crippen LogP contribution >= 0.6 is 0 Å². The molecule has 0 bridgehead atoms. The molecule has 1 aliphatic heterocycles. The van der Waals surface area contributed by atoms with E-state index in [9.17, 15) is 22.8 Å². The fourth-order valence-electron chi connectivity index (χ4n) is 3.42. The van der Waals surface area contributed by atoms with Gasteiger partial charge in [-0.1, -0.05) is 0 Å². The van der Waals surface area contributed by atoms with Crippen molar-refractivity contribution >= 4 is 23.2 Å². The predicted molar refractivity (Wildman–Crippen MR) is 102 cm³/mol. The Balaban J connectivity index is 2.12. The largest absolute Gasteiger partial charge is 0.416 e. The minimum atomic E-state index is -4.49. The number of anilines is 2. The van der Waals surface area contributed by atoms with Gasteiger partial charge in [-0.05, 0) is 58.0 Å². The Morgan fingerprint density at radius 3 is 2.32 bits per heavy atom. The van der Waals surface area contributed by atoms with Gasteiger partial charge in [-0.2, -0.15) is 13.2 Å². The van der Waals surface area contributed by atoms with Crippen LogP contribution in [0.4, 0.5) is 24.5 Å². The van der Waals surface area contributed by atoms with Gasteiger partial charge in [-0.3, -0.25) is 14.5 Å². The normalized spacial score (nSPS) is 16.0. The summed E-state index contributed by atoms with van der Waals surface area (Å²) in [5, 5.41) is 2.64. The molecule has 1 fully saturated rings. The Bertz CT molecular complexity index is 697. The third kappa shape index (κ3) is 5.60. The molecule has 0 spiro atoms. The molecule has 0 saturated carbocycles. The first-order valence-corrected chi connectivity index (χ1v) is 9.43. The topological polar surface area (TPSA) is 78.7 Å². The second-order valence-electron chi connectivity index (χ2n) is 6.90. The number of likely N-dealkylation sites (tertiary alicyclic amines) is 1. The van der Waals surface area contributed by atoms with Gasteiger partial charge in [-0.25, -0.2) is 0 Å². The third-order valence-corrected chi connectivity index (χ3v) is 5.06. The van der Waals surface area contributed by atoms with Gasteiger partial charge in [-0.15, -0.1) is 0 Å². The van der Waals surface area contributed by atoms with Gasteiger partial charge >= 0.3 is 6.18 Å². The van der Waals surface area contributed by atoms with Crippen LogP contribution in [0, 0.1) is 5.92 Å². The summed E-state index contributed by atoms with van der Waals surface area (Å²) in [5.74, 6) is -0.903. The number of nitrogens with one attached hydrogen (secondary N) is 1. The van der Waals surface area contributed by atoms with E-state index in [1.54, 1.807) is 0 Å². The molecule has 156 valence electrons. The van der Waals surface area contributed by atoms with Gasteiger partial charge in [0.05, 0.1) is 23.5 Å². The fraction of sp³-hybridized carbons (Fsp3) is 0.579. The number of alkyl halides is 3. The van der Waals surface area contributed by atoms with E-state index < -0.39 is 11.7 Å². The van der Waals surface area contributed by atoms with E-state index >= 15 is 0 Å². The predicted octanol–water partition coefficient (Wildman–Crippen LogP) is 2.69. The molecule has 3 N–H and O–H groups in total. The van der Waals surface area contributed by atoms with Gasteiger partial charge in [0, 0.05) is 19.0 Å². The monoisotopic (exact) mass is 400 g/mol. The summed E-state index contributed by atoms with van der Waals surface area (Å²) in [6.45, 7) is 6.15. The van der Waals surface area contributed by atoms with Crippen LogP contribution < -0.4 is 16.0 Å². The van der Waals surface area contributed by atoms with Gasteiger partial charge in [0.1, 0.15) is 0 Å². The number of halogens is 3. The van der Waals surface area contributed by atoms with Crippen molar-refractivity contribution in [2.24, 2.45) is 11.7 Å². The lowest BCUT2D eigenvalue weighted by Crippen LogP contribution is -2.42. The Morgan fingerprint density at radius 1 is 1.21 bits per heavy atom. The molecule has 0 unspecified atom stereocenters. The van der Waals surface area contributed by atoms with Gasteiger partial charge in [0.2, 0.25) is 11.8 Å². The van der Waals surface area contributed by atoms with Crippen LogP contribution in [-0.2, 0) is 15.8 Å². The van der Waals surface area contributed by atoms with Crippen molar-refractivity contribution in [2.75, 3.05) is 42.9 Å². The number of rotatable bonds is 7. The number of carbonyl (C=O) groups excluding carboxylic acids is 2. The standard InChI is InChI=1S/C19H27F3N4O2/c1-3-26(4-2)16-6-5-14(19(20,21)22)11-15(16)24-17(27)12-25-9-7-13(8-10-25)18(23)28/h5-6,11,13H,3-4,7-10,12H2,1-2H3,(H2,23,28)(H,24,27). The van der Waals surface area contributed by atoms with Gasteiger partial charge < -0.3 is 16.0 Å². The molecule has 0 radical (unpaired) electrons. The minimum Gasteiger partial charge on any atom is -0.370 e. The summed E-state index contributed by atoms with van der Waals surface area (Å²) in [7, 11) is 0. The second-order valence-corrected chi connectivity index (χ2v) is 6.90. The summed E-state index contributed by atoms with van der Waals surface area (Å²) in [6.07, 6.45) is -3.33. The summed E-state index contributed by atoms with van der Waals surface area (Å²) < 4.78 is 39.3. The van der Waals surface area contributed by atoms with Crippen molar-refractivity contribution < 1.29 is 22.8 Å². The van der Waals surface area contributed by atoms with E-state index in [1.807, 2.05) is 23.6 Å². The summed E-state index contributed by atoms with van der Waals surface area (Å²) >= 11 is 0. The molecule has 6 nitrogen and oxygen atoms in total. The van der Waals surface area contributed by atoms with Gasteiger partial charge in [0.25, 0.3) is 0 Å². The Labute approximate surface area is 162 Å². The van der Waals surface area contributed by atoms with Crippen LogP contribution in [-0.4, -0.2) is 49.4 Å². The highest BCUT2D eigenvalue weighted by Gasteiger charge is 2.32. The highest BCUT2D eigenvalue weighted by Crippen LogP contribution is 2.35. The highest BCUT2D eigenvalue weighted by atomic mass is 19.4. The van der Waals surface area contributed by atoms with Crippen molar-refractivity contribution in [3.63, 3.8) is 0 Å². The molecule has 2 amide bonds. The number of amides is 2. The lowest BCUT2D eigenvalue weighted by atomic mass is 9.96. The van der Waals surface area contributed by atoms with Crippen LogP contribution in [0.5, 0.6) is 0 Å². The Hall–Kier alpha value is -2.29. The number of hydrogen-bond acceptors (Lipinski definition) is 4. The molecule has 1 aromatic carbocycles. The number of piperidine rings is 1. The minimum absolute atomic E-state index is 0.0550. The molecule has 0 aromatic heterocycles. The van der Waals surface area contributed by atoms with Crippen molar-refractivity contribution in [1.82, 2.24) is 4.90 Å². The first-order chi connectivity index (χ1) is 13.2. The molecule has 0 atom stereocenters. The van der Waals surface area contributed by atoms with E-state index in [4.69, 9.17) is 5.73 Å². The number of primary amides is 1. The van der Waals surface area contributed by atoms with Crippen LogP contribution in [0.2, 0.25) is 0 Å². The lowest BCUT2D eigenvalue weighted by Gasteiger charge is -2.30. The van der Waals surface area contributed by atoms with E-state index in [-0.39, 0.29) is 30.0 Å². The maximum atomic E-state index is 13.1. The summed E-state index contributed by atoms with van der Waals surface area (Å²) in [5.41, 5.74) is 5.20. The van der Waals surface area contributed by atoms with Crippen molar-refractivity contribution in [2.45, 2.75) is 32.9 Å². The third-order valence-electron chi connectivity index (χ3n) is 5.06. The molecular weight excluding hydrogens is 373 g/mol. The number of benzene rings is 1. The molecule has 28 heavy (non-hydrogen) atoms. The van der Waals surface area contributed by atoms with Crippen LogP contribution in [0.15, 0.2) is 18.2 Å². The Kier molecular flexibility index (Phi) is 7.29. The van der Waals surface area contributed by atoms with Crippen LogP contribution in [0.3, 0.4) is 0 Å². The van der Waals surface area contributed by atoms with Crippen molar-refractivity contribution in [3.05, 3.63) is 23.8 Å².